The van der Waals surface area contributed by atoms with Gasteiger partial charge in [0.1, 0.15) is 0 Å². The Balaban J connectivity index is 0.000000532. The lowest BCUT2D eigenvalue weighted by molar-refractivity contribution is -0.138. The van der Waals surface area contributed by atoms with Crippen molar-refractivity contribution < 1.29 is 39.5 Å². The van der Waals surface area contributed by atoms with Gasteiger partial charge in [-0.25, -0.2) is 9.98 Å². The number of halogens is 11. The van der Waals surface area contributed by atoms with Gasteiger partial charge < -0.3 is 27.8 Å². The van der Waals surface area contributed by atoms with Gasteiger partial charge in [0.05, 0.1) is 43.4 Å². The highest BCUT2D eigenvalue weighted by Gasteiger charge is 2.31. The molecule has 0 spiro atoms. The lowest BCUT2D eigenvalue weighted by Crippen LogP contribution is -2.42. The molecule has 10 N–H and O–H groups in total. The van der Waals surface area contributed by atoms with Gasteiger partial charge in [-0.15, -0.1) is 24.8 Å². The average Bonchev–Trinajstić information content (AvgIpc) is 3.39. The molecule has 11 nitrogen and oxygen atoms in total. The predicted octanol–water partition coefficient (Wildman–Crippen LogP) is 12.7. The number of hydrogen-bond donors (Lipinski definition) is 7. The summed E-state index contributed by atoms with van der Waals surface area (Å²) in [5.41, 5.74) is 21.2. The van der Waals surface area contributed by atoms with E-state index in [0.717, 1.165) is 86.1 Å². The van der Waals surface area contributed by atoms with Gasteiger partial charge in [0.25, 0.3) is 0 Å². The number of thioether (sulfide) groups is 4. The van der Waals surface area contributed by atoms with Crippen molar-refractivity contribution in [1.29, 1.82) is 10.8 Å². The van der Waals surface area contributed by atoms with Crippen molar-refractivity contribution in [3.63, 3.8) is 0 Å². The molecular formula is C52H64Cl2F9N11S4. The van der Waals surface area contributed by atoms with E-state index < -0.39 is 35.2 Å². The molecular weight excluding hydrogens is 1150 g/mol. The molecule has 0 atom stereocenters. The van der Waals surface area contributed by atoms with Gasteiger partial charge in [-0.2, -0.15) is 39.5 Å². The van der Waals surface area contributed by atoms with Gasteiger partial charge >= 0.3 is 18.5 Å². The highest BCUT2D eigenvalue weighted by atomic mass is 35.5. The largest absolute Gasteiger partial charge is 0.416 e. The molecule has 0 aromatic heterocycles. The maximum absolute atomic E-state index is 12.8. The molecule has 428 valence electrons. The van der Waals surface area contributed by atoms with E-state index in [-0.39, 0.29) is 42.6 Å². The van der Waals surface area contributed by atoms with Crippen LogP contribution in [0.25, 0.3) is 0 Å². The first-order valence-corrected chi connectivity index (χ1v) is 27.1. The highest BCUT2D eigenvalue weighted by Crippen LogP contribution is 2.32. The maximum atomic E-state index is 12.8. The fourth-order valence-electron chi connectivity index (χ4n) is 7.00. The van der Waals surface area contributed by atoms with Gasteiger partial charge in [0.2, 0.25) is 0 Å². The number of amidine groups is 4. The van der Waals surface area contributed by atoms with Crippen LogP contribution in [0.4, 0.5) is 39.5 Å². The first-order chi connectivity index (χ1) is 35.7. The summed E-state index contributed by atoms with van der Waals surface area (Å²) in [6, 6.07) is 31.9. The summed E-state index contributed by atoms with van der Waals surface area (Å²) in [5.74, 6) is 2.88. The van der Waals surface area contributed by atoms with Crippen molar-refractivity contribution in [3.05, 3.63) is 177 Å². The predicted molar refractivity (Wildman–Crippen MR) is 312 cm³/mol. The number of nitrogens with zero attached hydrogens (tertiary/aromatic N) is 4. The molecule has 0 amide bonds. The second kappa shape index (κ2) is 34.4. The van der Waals surface area contributed by atoms with Gasteiger partial charge in [-0.1, -0.05) is 139 Å². The average molecular weight is 1210 g/mol. The van der Waals surface area contributed by atoms with Crippen LogP contribution in [0.15, 0.2) is 131 Å². The van der Waals surface area contributed by atoms with Crippen LogP contribution in [0.5, 0.6) is 0 Å². The standard InChI is InChI=1S/C32H34F6N6S2.C10H14N4S2.C9H10F3N.CH4.2ClH/c33-31(34,35)27-9-5-23(6-10-27)13-15-43-19-39-29(40-20-43)45-17-25-3-1-2-4-26(25)18-46-30-41-21-44(22-42-30)16-14-24-7-11-28(12-8-24)32(36,37)38;11-9(12)15-5-7-3-1-2-4-8(7)6-16-10(13)14;10-9(11,12)8-3-1-7(2-4-8)5-6-13;;;/h1-12H,13-22H2,(H,39,40)(H,41,42);1-4H,5-6H2,(H3,11,12)(H3,13,14);1-4H,5-6,13H2;1H4;2*1H. The Morgan fingerprint density at radius 1 is 0.487 bits per heavy atom. The van der Waals surface area contributed by atoms with E-state index in [1.807, 2.05) is 36.4 Å². The molecule has 0 unspecified atom stereocenters. The molecule has 0 bridgehead atoms. The summed E-state index contributed by atoms with van der Waals surface area (Å²) >= 11 is 5.88. The molecule has 2 aliphatic heterocycles. The fourth-order valence-corrected chi connectivity index (χ4v) is 9.96. The van der Waals surface area contributed by atoms with Crippen LogP contribution in [0.1, 0.15) is 63.1 Å². The summed E-state index contributed by atoms with van der Waals surface area (Å²) in [6.45, 7) is 4.13. The zero-order chi connectivity index (χ0) is 54.4. The van der Waals surface area contributed by atoms with Crippen molar-refractivity contribution in [2.24, 2.45) is 27.2 Å². The third-order valence-electron chi connectivity index (χ3n) is 11.2. The molecule has 2 aliphatic rings. The molecule has 2 heterocycles. The van der Waals surface area contributed by atoms with Crippen LogP contribution in [0, 0.1) is 10.8 Å². The maximum Gasteiger partial charge on any atom is 0.416 e. The number of aliphatic imine (C=N–C) groups is 2. The van der Waals surface area contributed by atoms with E-state index >= 15 is 0 Å². The summed E-state index contributed by atoms with van der Waals surface area (Å²) in [7, 11) is 0. The third kappa shape index (κ3) is 25.1. The second-order valence-electron chi connectivity index (χ2n) is 16.7. The van der Waals surface area contributed by atoms with E-state index in [1.54, 1.807) is 23.5 Å². The normalized spacial score (nSPS) is 13.7. The minimum atomic E-state index is -4.32. The van der Waals surface area contributed by atoms with Crippen LogP contribution in [0.2, 0.25) is 0 Å². The first-order valence-electron chi connectivity index (χ1n) is 23.2. The smallest absolute Gasteiger partial charge is 0.379 e. The molecule has 0 radical (unpaired) electrons. The fraction of sp³-hybridized carbons (Fsp3) is 0.346. The molecule has 0 fully saturated rings. The topological polar surface area (TPSA) is 181 Å². The Bertz CT molecular complexity index is 2500. The van der Waals surface area contributed by atoms with Crippen LogP contribution in [-0.2, 0) is 60.8 Å². The van der Waals surface area contributed by atoms with Gasteiger partial charge in [0.15, 0.2) is 20.7 Å². The number of benzene rings is 5. The Morgan fingerprint density at radius 2 is 0.782 bits per heavy atom. The lowest BCUT2D eigenvalue weighted by Gasteiger charge is -2.27. The summed E-state index contributed by atoms with van der Waals surface area (Å²) in [6.07, 6.45) is -11.0. The Labute approximate surface area is 479 Å². The summed E-state index contributed by atoms with van der Waals surface area (Å²) in [5, 5.41) is 23.0. The zero-order valence-electron chi connectivity index (χ0n) is 41.3. The molecule has 5 aromatic carbocycles. The van der Waals surface area contributed by atoms with Crippen LogP contribution in [0.3, 0.4) is 0 Å². The molecule has 26 heteroatoms. The SMILES string of the molecule is C.Cl.Cl.FC(F)(F)c1ccc(CCN2CN=C(SCc3ccccc3CSC3=NCN(CCc4ccc(C(F)(F)F)cc4)CN3)NC2)cc1.N=C(N)SCc1ccccc1CSC(=N)N.NCCc1ccc(C(F)(F)F)cc1. The monoisotopic (exact) mass is 1210 g/mol. The minimum Gasteiger partial charge on any atom is -0.379 e. The molecule has 0 saturated heterocycles. The summed E-state index contributed by atoms with van der Waals surface area (Å²) < 4.78 is 113. The van der Waals surface area contributed by atoms with Crippen LogP contribution in [-0.4, -0.2) is 76.8 Å². The van der Waals surface area contributed by atoms with E-state index in [0.29, 0.717) is 77.1 Å². The molecule has 5 aromatic rings. The molecule has 0 saturated carbocycles. The minimum absolute atomic E-state index is 0. The van der Waals surface area contributed by atoms with Crippen molar-refractivity contribution in [2.75, 3.05) is 46.3 Å². The zero-order valence-corrected chi connectivity index (χ0v) is 46.2. The van der Waals surface area contributed by atoms with Crippen LogP contribution < -0.4 is 27.8 Å². The first kappa shape index (κ1) is 69.3. The number of rotatable bonds is 16. The van der Waals surface area contributed by atoms with Crippen molar-refractivity contribution in [3.8, 4) is 0 Å². The number of hydrogen-bond acceptors (Lipinski definition) is 13. The lowest BCUT2D eigenvalue weighted by atomic mass is 10.1. The quantitative estimate of drug-likeness (QED) is 0.0284. The Morgan fingerprint density at radius 3 is 1.04 bits per heavy atom. The van der Waals surface area contributed by atoms with Crippen molar-refractivity contribution >= 4 is 92.5 Å². The number of alkyl halides is 9. The van der Waals surface area contributed by atoms with Gasteiger partial charge in [-0.3, -0.25) is 20.6 Å². The second-order valence-corrected chi connectivity index (χ2v) is 20.7. The summed E-state index contributed by atoms with van der Waals surface area (Å²) in [4.78, 5) is 13.5. The van der Waals surface area contributed by atoms with E-state index in [2.05, 4.69) is 42.6 Å². The highest BCUT2D eigenvalue weighted by molar-refractivity contribution is 8.14. The Hall–Kier alpha value is -4.79. The van der Waals surface area contributed by atoms with Crippen molar-refractivity contribution in [1.82, 2.24) is 20.4 Å². The molecule has 78 heavy (non-hydrogen) atoms. The van der Waals surface area contributed by atoms with Gasteiger partial charge in [0, 0.05) is 36.1 Å². The van der Waals surface area contributed by atoms with Crippen LogP contribution >= 0.6 is 71.9 Å². The van der Waals surface area contributed by atoms with E-state index in [9.17, 15) is 39.5 Å². The molecule has 0 aliphatic carbocycles. The van der Waals surface area contributed by atoms with Crippen molar-refractivity contribution in [2.45, 2.75) is 68.2 Å². The molecule has 7 rings (SSSR count). The third-order valence-corrected chi connectivity index (χ3v) is 14.7. The van der Waals surface area contributed by atoms with Gasteiger partial charge in [-0.05, 0) is 101 Å². The Kier molecular flexibility index (Phi) is 30.5. The van der Waals surface area contributed by atoms with E-state index in [1.165, 1.54) is 71.0 Å². The number of nitrogens with two attached hydrogens (primary N) is 3. The number of nitrogens with one attached hydrogen (secondary N) is 4. The van der Waals surface area contributed by atoms with E-state index in [4.69, 9.17) is 28.0 Å².